The van der Waals surface area contributed by atoms with Crippen LogP contribution in [0.15, 0.2) is 54.6 Å². The van der Waals surface area contributed by atoms with Gasteiger partial charge < -0.3 is 15.4 Å². The van der Waals surface area contributed by atoms with Crippen molar-refractivity contribution >= 4 is 11.8 Å². The zero-order valence-corrected chi connectivity index (χ0v) is 16.3. The molecule has 0 radical (unpaired) electrons. The van der Waals surface area contributed by atoms with Crippen molar-refractivity contribution in [1.82, 2.24) is 15.5 Å². The van der Waals surface area contributed by atoms with Gasteiger partial charge in [-0.05, 0) is 23.3 Å². The minimum Gasteiger partial charge on any atom is -0.379 e. The topological polar surface area (TPSA) is 70.7 Å². The average molecular weight is 399 g/mol. The Morgan fingerprint density at radius 1 is 0.966 bits per heavy atom. The highest BCUT2D eigenvalue weighted by molar-refractivity contribution is 5.85. The molecule has 1 fully saturated rings. The maximum absolute atomic E-state index is 13.3. The Morgan fingerprint density at radius 2 is 1.66 bits per heavy atom. The van der Waals surface area contributed by atoms with Crippen molar-refractivity contribution in [3.05, 3.63) is 71.5 Å². The molecule has 0 spiro atoms. The van der Waals surface area contributed by atoms with E-state index in [1.807, 2.05) is 30.3 Å². The first-order valence-electron chi connectivity index (χ1n) is 9.76. The quantitative estimate of drug-likeness (QED) is 0.709. The molecule has 1 unspecified atom stereocenters. The Kier molecular flexibility index (Phi) is 7.72. The summed E-state index contributed by atoms with van der Waals surface area (Å²) in [5.41, 5.74) is 1.83. The molecule has 7 heteroatoms. The second kappa shape index (κ2) is 10.7. The molecule has 1 saturated heterocycles. The van der Waals surface area contributed by atoms with Gasteiger partial charge in [0.1, 0.15) is 5.82 Å². The molecule has 2 amide bonds. The van der Waals surface area contributed by atoms with Crippen molar-refractivity contribution in [3.63, 3.8) is 0 Å². The van der Waals surface area contributed by atoms with Gasteiger partial charge in [-0.1, -0.05) is 42.5 Å². The number of ether oxygens (including phenoxy) is 1. The highest BCUT2D eigenvalue weighted by atomic mass is 19.1. The predicted molar refractivity (Wildman–Crippen MR) is 108 cm³/mol. The molecule has 2 aromatic rings. The maximum Gasteiger partial charge on any atom is 0.239 e. The molecule has 0 saturated carbocycles. The van der Waals surface area contributed by atoms with Crippen molar-refractivity contribution in [1.29, 1.82) is 0 Å². The van der Waals surface area contributed by atoms with Crippen LogP contribution in [0.3, 0.4) is 0 Å². The van der Waals surface area contributed by atoms with Gasteiger partial charge in [-0.25, -0.2) is 4.39 Å². The normalized spacial score (nSPS) is 15.5. The Balaban J connectivity index is 1.50. The first-order chi connectivity index (χ1) is 14.1. The highest BCUT2D eigenvalue weighted by Crippen LogP contribution is 2.21. The zero-order chi connectivity index (χ0) is 20.5. The van der Waals surface area contributed by atoms with Crippen LogP contribution < -0.4 is 10.6 Å². The van der Waals surface area contributed by atoms with Crippen LogP contribution in [0, 0.1) is 5.82 Å². The highest BCUT2D eigenvalue weighted by Gasteiger charge is 2.23. The smallest absolute Gasteiger partial charge is 0.239 e. The Bertz CT molecular complexity index is 793. The van der Waals surface area contributed by atoms with Crippen molar-refractivity contribution in [2.24, 2.45) is 0 Å². The maximum atomic E-state index is 13.3. The number of morpholine rings is 1. The SMILES string of the molecule is O=C(CNC(=O)Cc1ccccc1)NCC(c1ccc(F)cc1)N1CCOCC1. The van der Waals surface area contributed by atoms with Gasteiger partial charge in [0.15, 0.2) is 0 Å². The van der Waals surface area contributed by atoms with Crippen LogP contribution >= 0.6 is 0 Å². The van der Waals surface area contributed by atoms with Gasteiger partial charge in [0.2, 0.25) is 11.8 Å². The van der Waals surface area contributed by atoms with E-state index in [4.69, 9.17) is 4.74 Å². The number of hydrogen-bond donors (Lipinski definition) is 2. The minimum absolute atomic E-state index is 0.0785. The summed E-state index contributed by atoms with van der Waals surface area (Å²) in [6.45, 7) is 3.03. The Morgan fingerprint density at radius 3 is 2.34 bits per heavy atom. The van der Waals surface area contributed by atoms with E-state index in [1.54, 1.807) is 12.1 Å². The van der Waals surface area contributed by atoms with E-state index >= 15 is 0 Å². The summed E-state index contributed by atoms with van der Waals surface area (Å²) in [5.74, 6) is -0.749. The third-order valence-electron chi connectivity index (χ3n) is 4.89. The van der Waals surface area contributed by atoms with Crippen LogP contribution in [-0.4, -0.2) is 56.1 Å². The largest absolute Gasteiger partial charge is 0.379 e. The fourth-order valence-electron chi connectivity index (χ4n) is 3.33. The minimum atomic E-state index is -0.292. The van der Waals surface area contributed by atoms with Gasteiger partial charge in [-0.3, -0.25) is 14.5 Å². The number of nitrogens with zero attached hydrogens (tertiary/aromatic N) is 1. The summed E-state index contributed by atoms with van der Waals surface area (Å²) >= 11 is 0. The summed E-state index contributed by atoms with van der Waals surface area (Å²) in [5, 5.41) is 5.53. The number of amides is 2. The van der Waals surface area contributed by atoms with E-state index in [0.717, 1.165) is 24.2 Å². The molecule has 0 aliphatic carbocycles. The molecule has 6 nitrogen and oxygen atoms in total. The monoisotopic (exact) mass is 399 g/mol. The van der Waals surface area contributed by atoms with Crippen LogP contribution in [0.25, 0.3) is 0 Å². The molecule has 1 atom stereocenters. The second-order valence-electron chi connectivity index (χ2n) is 6.96. The van der Waals surface area contributed by atoms with Gasteiger partial charge in [0, 0.05) is 19.6 Å². The van der Waals surface area contributed by atoms with Crippen LogP contribution in [0.1, 0.15) is 17.2 Å². The fourth-order valence-corrected chi connectivity index (χ4v) is 3.33. The van der Waals surface area contributed by atoms with Gasteiger partial charge in [-0.2, -0.15) is 0 Å². The van der Waals surface area contributed by atoms with Gasteiger partial charge in [-0.15, -0.1) is 0 Å². The molecular weight excluding hydrogens is 373 g/mol. The van der Waals surface area contributed by atoms with E-state index in [-0.39, 0.29) is 36.6 Å². The van der Waals surface area contributed by atoms with E-state index in [1.165, 1.54) is 12.1 Å². The molecule has 2 N–H and O–H groups in total. The third-order valence-corrected chi connectivity index (χ3v) is 4.89. The van der Waals surface area contributed by atoms with Crippen molar-refractivity contribution in [2.75, 3.05) is 39.4 Å². The molecular formula is C22H26FN3O3. The van der Waals surface area contributed by atoms with Gasteiger partial charge in [0.25, 0.3) is 0 Å². The third kappa shape index (κ3) is 6.66. The first-order valence-corrected chi connectivity index (χ1v) is 9.76. The molecule has 154 valence electrons. The molecule has 0 aromatic heterocycles. The molecule has 0 bridgehead atoms. The second-order valence-corrected chi connectivity index (χ2v) is 6.96. The van der Waals surface area contributed by atoms with Crippen molar-refractivity contribution < 1.29 is 18.7 Å². The first kappa shape index (κ1) is 21.0. The number of hydrogen-bond acceptors (Lipinski definition) is 4. The Hall–Kier alpha value is -2.77. The van der Waals surface area contributed by atoms with Crippen LogP contribution in [-0.2, 0) is 20.7 Å². The number of carbonyl (C=O) groups is 2. The number of nitrogens with one attached hydrogen (secondary N) is 2. The van der Waals surface area contributed by atoms with E-state index in [0.29, 0.717) is 19.8 Å². The predicted octanol–water partition coefficient (Wildman–Crippen LogP) is 1.67. The lowest BCUT2D eigenvalue weighted by molar-refractivity contribution is -0.125. The average Bonchev–Trinajstić information content (AvgIpc) is 2.75. The molecule has 1 aliphatic rings. The van der Waals surface area contributed by atoms with Crippen molar-refractivity contribution in [2.45, 2.75) is 12.5 Å². The molecule has 3 rings (SSSR count). The molecule has 1 heterocycles. The lowest BCUT2D eigenvalue weighted by Crippen LogP contribution is -2.45. The van der Waals surface area contributed by atoms with Crippen LogP contribution in [0.4, 0.5) is 4.39 Å². The summed E-state index contributed by atoms with van der Waals surface area (Å²) in [4.78, 5) is 26.5. The molecule has 29 heavy (non-hydrogen) atoms. The van der Waals surface area contributed by atoms with Gasteiger partial charge in [0.05, 0.1) is 32.2 Å². The van der Waals surface area contributed by atoms with Crippen LogP contribution in [0.5, 0.6) is 0 Å². The zero-order valence-electron chi connectivity index (χ0n) is 16.3. The van der Waals surface area contributed by atoms with Crippen molar-refractivity contribution in [3.8, 4) is 0 Å². The molecule has 1 aliphatic heterocycles. The number of benzene rings is 2. The fraction of sp³-hybridized carbons (Fsp3) is 0.364. The summed E-state index contributed by atoms with van der Waals surface area (Å²) in [7, 11) is 0. The summed E-state index contributed by atoms with van der Waals surface area (Å²) < 4.78 is 18.7. The lowest BCUT2D eigenvalue weighted by atomic mass is 10.0. The van der Waals surface area contributed by atoms with E-state index in [9.17, 15) is 14.0 Å². The lowest BCUT2D eigenvalue weighted by Gasteiger charge is -2.35. The number of carbonyl (C=O) groups excluding carboxylic acids is 2. The van der Waals surface area contributed by atoms with Crippen LogP contribution in [0.2, 0.25) is 0 Å². The summed E-state index contributed by atoms with van der Waals surface area (Å²) in [6, 6.07) is 15.6. The number of rotatable bonds is 8. The Labute approximate surface area is 170 Å². The van der Waals surface area contributed by atoms with Gasteiger partial charge >= 0.3 is 0 Å². The number of halogens is 1. The van der Waals surface area contributed by atoms with E-state index in [2.05, 4.69) is 15.5 Å². The summed E-state index contributed by atoms with van der Waals surface area (Å²) in [6.07, 6.45) is 0.236. The van der Waals surface area contributed by atoms with E-state index < -0.39 is 0 Å². The molecule has 2 aromatic carbocycles. The standard InChI is InChI=1S/C22H26FN3O3/c23-19-8-6-18(7-9-19)20(26-10-12-29-13-11-26)15-24-22(28)16-25-21(27)14-17-4-2-1-3-5-17/h1-9,20H,10-16H2,(H,24,28)(H,25,27).